The van der Waals surface area contributed by atoms with Gasteiger partial charge in [-0.2, -0.15) is 0 Å². The molecule has 2 heterocycles. The van der Waals surface area contributed by atoms with Crippen molar-refractivity contribution in [3.63, 3.8) is 0 Å². The Hall–Kier alpha value is -1.27. The van der Waals surface area contributed by atoms with Gasteiger partial charge in [-0.1, -0.05) is 6.92 Å². The summed E-state index contributed by atoms with van der Waals surface area (Å²) in [6.45, 7) is 4.71. The Morgan fingerprint density at radius 1 is 1.38 bits per heavy atom. The van der Waals surface area contributed by atoms with Crippen LogP contribution in [0.2, 0.25) is 0 Å². The van der Waals surface area contributed by atoms with Gasteiger partial charge in [0.1, 0.15) is 11.2 Å². The van der Waals surface area contributed by atoms with Crippen molar-refractivity contribution in [2.24, 2.45) is 11.3 Å². The largest absolute Gasteiger partial charge is 0.435 e. The van der Waals surface area contributed by atoms with E-state index in [1.165, 1.54) is 14.0 Å². The van der Waals surface area contributed by atoms with Crippen LogP contribution in [0.5, 0.6) is 0 Å². The quantitative estimate of drug-likeness (QED) is 0.443. The molecule has 6 heteroatoms. The van der Waals surface area contributed by atoms with Crippen LogP contribution in [0.3, 0.4) is 0 Å². The third kappa shape index (κ3) is 2.74. The van der Waals surface area contributed by atoms with Crippen LogP contribution >= 0.6 is 0 Å². The number of hydrogen-bond donors (Lipinski definition) is 0. The molecule has 0 radical (unpaired) electrons. The molecule has 0 N–H and O–H groups in total. The third-order valence-corrected chi connectivity index (χ3v) is 4.70. The highest BCUT2D eigenvalue weighted by Crippen LogP contribution is 2.43. The highest BCUT2D eigenvalue weighted by atomic mass is 16.7. The van der Waals surface area contributed by atoms with Crippen LogP contribution < -0.4 is 0 Å². The minimum atomic E-state index is -1.16. The third-order valence-electron chi connectivity index (χ3n) is 4.70. The Bertz CT molecular complexity index is 459. The van der Waals surface area contributed by atoms with Gasteiger partial charge in [-0.25, -0.2) is 0 Å². The minimum absolute atomic E-state index is 0.130. The van der Waals surface area contributed by atoms with Crippen molar-refractivity contribution in [3.05, 3.63) is 0 Å². The molecular weight excluding hydrogens is 276 g/mol. The van der Waals surface area contributed by atoms with Crippen LogP contribution in [0.4, 0.5) is 0 Å². The van der Waals surface area contributed by atoms with Crippen LogP contribution in [0, 0.1) is 11.3 Å². The molecule has 0 amide bonds. The average Bonchev–Trinajstić information content (AvgIpc) is 2.92. The average molecular weight is 298 g/mol. The number of ether oxygens (including phenoxy) is 3. The second-order valence-electron chi connectivity index (χ2n) is 6.06. The molecule has 2 aliphatic heterocycles. The van der Waals surface area contributed by atoms with Crippen LogP contribution in [0.25, 0.3) is 0 Å². The fourth-order valence-corrected chi connectivity index (χ4v) is 3.22. The maximum Gasteiger partial charge on any atom is 0.304 e. The molecule has 2 aliphatic rings. The van der Waals surface area contributed by atoms with Crippen LogP contribution in [0.15, 0.2) is 0 Å². The van der Waals surface area contributed by atoms with E-state index in [4.69, 9.17) is 14.2 Å². The molecule has 0 aliphatic carbocycles. The number of carbonyl (C=O) groups excluding carboxylic acids is 3. The standard InChI is InChI=1S/C15H22O6/c1-8-10(17)7-12(18)15(3,13-6-5-11(8)21-13)14(19-4)20-9(2)16/h8,11,13-14H,5-7H2,1-4H3/t8-,11-,13+,14-,15-/m0/s1. The van der Waals surface area contributed by atoms with Crippen molar-refractivity contribution in [2.75, 3.05) is 7.11 Å². The zero-order valence-electron chi connectivity index (χ0n) is 12.9. The number of hydrogen-bond acceptors (Lipinski definition) is 6. The first-order valence-corrected chi connectivity index (χ1v) is 7.22. The van der Waals surface area contributed by atoms with Crippen molar-refractivity contribution in [3.8, 4) is 0 Å². The predicted molar refractivity (Wildman–Crippen MR) is 72.4 cm³/mol. The summed E-state index contributed by atoms with van der Waals surface area (Å²) in [5, 5.41) is 0. The number of methoxy groups -OCH3 is 1. The van der Waals surface area contributed by atoms with Crippen LogP contribution in [-0.4, -0.2) is 43.1 Å². The summed E-state index contributed by atoms with van der Waals surface area (Å²) in [6.07, 6.45) is -0.440. The molecule has 6 nitrogen and oxygen atoms in total. The molecular formula is C15H22O6. The summed E-state index contributed by atoms with van der Waals surface area (Å²) in [7, 11) is 1.38. The van der Waals surface area contributed by atoms with E-state index in [9.17, 15) is 14.4 Å². The smallest absolute Gasteiger partial charge is 0.304 e. The van der Waals surface area contributed by atoms with Crippen molar-refractivity contribution in [1.29, 1.82) is 0 Å². The van der Waals surface area contributed by atoms with E-state index in [1.54, 1.807) is 13.8 Å². The van der Waals surface area contributed by atoms with Gasteiger partial charge in [0.25, 0.3) is 0 Å². The fourth-order valence-electron chi connectivity index (χ4n) is 3.22. The van der Waals surface area contributed by atoms with E-state index in [0.717, 1.165) is 6.42 Å². The molecule has 2 saturated heterocycles. The van der Waals surface area contributed by atoms with E-state index in [0.29, 0.717) is 6.42 Å². The number of esters is 1. The monoisotopic (exact) mass is 298 g/mol. The number of carbonyl (C=O) groups is 3. The van der Waals surface area contributed by atoms with Gasteiger partial charge in [-0.15, -0.1) is 0 Å². The van der Waals surface area contributed by atoms with Gasteiger partial charge >= 0.3 is 5.97 Å². The molecule has 0 unspecified atom stereocenters. The first-order valence-electron chi connectivity index (χ1n) is 7.22. The normalized spacial score (nSPS) is 37.8. The van der Waals surface area contributed by atoms with E-state index in [2.05, 4.69) is 0 Å². The maximum atomic E-state index is 12.6. The Morgan fingerprint density at radius 3 is 2.62 bits per heavy atom. The van der Waals surface area contributed by atoms with Crippen molar-refractivity contribution < 1.29 is 28.6 Å². The maximum absolute atomic E-state index is 12.6. The van der Waals surface area contributed by atoms with Gasteiger partial charge in [0.05, 0.1) is 18.6 Å². The predicted octanol–water partition coefficient (Wildman–Crippen LogP) is 1.25. The molecule has 21 heavy (non-hydrogen) atoms. The topological polar surface area (TPSA) is 78.9 Å². The summed E-state index contributed by atoms with van der Waals surface area (Å²) < 4.78 is 16.3. The summed E-state index contributed by atoms with van der Waals surface area (Å²) in [6, 6.07) is 0. The van der Waals surface area contributed by atoms with Crippen LogP contribution in [-0.2, 0) is 28.6 Å². The number of ketones is 2. The lowest BCUT2D eigenvalue weighted by atomic mass is 9.75. The lowest BCUT2D eigenvalue weighted by Gasteiger charge is -2.40. The Morgan fingerprint density at radius 2 is 2.05 bits per heavy atom. The number of Topliss-reactive ketones (excluding diaryl/α,β-unsaturated/α-hetero) is 2. The zero-order valence-corrected chi connectivity index (χ0v) is 12.9. The SMILES string of the molecule is CO[C@@H](OC(C)=O)[C@@]1(C)C(=O)CC(=O)[C@H](C)[C@@H]2CC[C@H]1O2. The summed E-state index contributed by atoms with van der Waals surface area (Å²) >= 11 is 0. The van der Waals surface area contributed by atoms with Gasteiger partial charge in [0.15, 0.2) is 5.78 Å². The molecule has 0 aromatic carbocycles. The molecule has 0 aromatic heterocycles. The van der Waals surface area contributed by atoms with Crippen molar-refractivity contribution in [1.82, 2.24) is 0 Å². The molecule has 2 fully saturated rings. The number of fused-ring (bicyclic) bond motifs is 2. The lowest BCUT2D eigenvalue weighted by molar-refractivity contribution is -0.220. The molecule has 5 atom stereocenters. The lowest BCUT2D eigenvalue weighted by Crippen LogP contribution is -2.53. The van der Waals surface area contributed by atoms with Gasteiger partial charge in [-0.05, 0) is 19.8 Å². The highest BCUT2D eigenvalue weighted by Gasteiger charge is 2.55. The fraction of sp³-hybridized carbons (Fsp3) is 0.800. The Kier molecular flexibility index (Phi) is 4.49. The Balaban J connectivity index is 2.36. The van der Waals surface area contributed by atoms with E-state index < -0.39 is 23.8 Å². The van der Waals surface area contributed by atoms with Gasteiger partial charge in [0, 0.05) is 20.0 Å². The highest BCUT2D eigenvalue weighted by molar-refractivity contribution is 6.03. The second kappa shape index (κ2) is 5.85. The van der Waals surface area contributed by atoms with Gasteiger partial charge < -0.3 is 14.2 Å². The molecule has 0 aromatic rings. The van der Waals surface area contributed by atoms with Gasteiger partial charge in [-0.3, -0.25) is 14.4 Å². The Labute approximate surface area is 124 Å². The minimum Gasteiger partial charge on any atom is -0.435 e. The van der Waals surface area contributed by atoms with Crippen molar-refractivity contribution in [2.45, 2.75) is 58.5 Å². The summed E-state index contributed by atoms with van der Waals surface area (Å²) in [4.78, 5) is 36.0. The molecule has 2 bridgehead atoms. The van der Waals surface area contributed by atoms with E-state index in [1.807, 2.05) is 0 Å². The van der Waals surface area contributed by atoms with E-state index in [-0.39, 0.29) is 30.0 Å². The zero-order chi connectivity index (χ0) is 15.8. The molecule has 2 rings (SSSR count). The van der Waals surface area contributed by atoms with E-state index >= 15 is 0 Å². The molecule has 0 saturated carbocycles. The summed E-state index contributed by atoms with van der Waals surface area (Å²) in [5.41, 5.74) is -1.16. The molecule has 0 spiro atoms. The van der Waals surface area contributed by atoms with Crippen LogP contribution in [0.1, 0.15) is 40.0 Å². The molecule has 118 valence electrons. The second-order valence-corrected chi connectivity index (χ2v) is 6.06. The number of rotatable bonds is 3. The summed E-state index contributed by atoms with van der Waals surface area (Å²) in [5.74, 6) is -1.24. The van der Waals surface area contributed by atoms with Crippen molar-refractivity contribution >= 4 is 17.5 Å². The van der Waals surface area contributed by atoms with Gasteiger partial charge in [0.2, 0.25) is 6.29 Å². The first-order chi connectivity index (χ1) is 9.80. The first kappa shape index (κ1) is 16.1.